The Morgan fingerprint density at radius 3 is 2.68 bits per heavy atom. The lowest BCUT2D eigenvalue weighted by Crippen LogP contribution is -2.45. The molecule has 0 radical (unpaired) electrons. The van der Waals surface area contributed by atoms with E-state index in [9.17, 15) is 10.1 Å². The molecule has 8 nitrogen and oxygen atoms in total. The zero-order valence-electron chi connectivity index (χ0n) is 14.5. The summed E-state index contributed by atoms with van der Waals surface area (Å²) in [5, 5.41) is 14.1. The van der Waals surface area contributed by atoms with Crippen molar-refractivity contribution in [2.45, 2.75) is 13.5 Å². The number of hydrogen-bond donors (Lipinski definition) is 1. The Hall–Kier alpha value is -2.74. The van der Waals surface area contributed by atoms with E-state index in [0.717, 1.165) is 37.6 Å². The van der Waals surface area contributed by atoms with Gasteiger partial charge in [-0.2, -0.15) is 0 Å². The summed E-state index contributed by atoms with van der Waals surface area (Å²) in [7, 11) is 2.13. The molecule has 2 aromatic rings. The molecule has 1 saturated heterocycles. The van der Waals surface area contributed by atoms with Gasteiger partial charge >= 0.3 is 0 Å². The summed E-state index contributed by atoms with van der Waals surface area (Å²) in [5.74, 6) is 1.61. The van der Waals surface area contributed by atoms with Crippen LogP contribution in [-0.4, -0.2) is 53.0 Å². The molecular weight excluding hydrogens is 320 g/mol. The Balaban J connectivity index is 1.71. The minimum Gasteiger partial charge on any atom is -0.366 e. The molecule has 0 aromatic carbocycles. The highest BCUT2D eigenvalue weighted by molar-refractivity contribution is 5.50. The van der Waals surface area contributed by atoms with Crippen LogP contribution in [0.5, 0.6) is 0 Å². The number of likely N-dealkylation sites (N-methyl/N-ethyl adjacent to an activating group) is 1. The van der Waals surface area contributed by atoms with Crippen molar-refractivity contribution < 1.29 is 4.92 Å². The van der Waals surface area contributed by atoms with E-state index in [1.807, 2.05) is 18.3 Å². The summed E-state index contributed by atoms with van der Waals surface area (Å²) in [6.07, 6.45) is 1.81. The second-order valence-corrected chi connectivity index (χ2v) is 6.19. The van der Waals surface area contributed by atoms with E-state index in [-0.39, 0.29) is 5.69 Å². The monoisotopic (exact) mass is 342 g/mol. The predicted molar refractivity (Wildman–Crippen MR) is 96.9 cm³/mol. The van der Waals surface area contributed by atoms with Crippen LogP contribution < -0.4 is 10.2 Å². The van der Waals surface area contributed by atoms with E-state index in [4.69, 9.17) is 0 Å². The molecule has 8 heteroatoms. The third-order valence-corrected chi connectivity index (χ3v) is 4.38. The first-order valence-corrected chi connectivity index (χ1v) is 8.28. The molecular formula is C17H22N6O2. The van der Waals surface area contributed by atoms with E-state index < -0.39 is 4.92 Å². The smallest absolute Gasteiger partial charge is 0.290 e. The summed E-state index contributed by atoms with van der Waals surface area (Å²) in [4.78, 5) is 23.9. The Labute approximate surface area is 146 Å². The SMILES string of the molecule is Cc1nc(NCc2cccnc2N2CCN(C)CC2)ccc1[N+](=O)[O-]. The van der Waals surface area contributed by atoms with Crippen LogP contribution in [0.4, 0.5) is 17.3 Å². The third-order valence-electron chi connectivity index (χ3n) is 4.38. The molecule has 2 aromatic heterocycles. The predicted octanol–water partition coefficient (Wildman–Crippen LogP) is 2.06. The largest absolute Gasteiger partial charge is 0.366 e. The van der Waals surface area contributed by atoms with E-state index in [1.54, 1.807) is 13.0 Å². The average molecular weight is 342 g/mol. The number of nitrogens with one attached hydrogen (secondary N) is 1. The van der Waals surface area contributed by atoms with Crippen molar-refractivity contribution in [2.75, 3.05) is 43.4 Å². The average Bonchev–Trinajstić information content (AvgIpc) is 2.61. The van der Waals surface area contributed by atoms with Crippen molar-refractivity contribution in [3.8, 4) is 0 Å². The van der Waals surface area contributed by atoms with Gasteiger partial charge in [-0.05, 0) is 26.1 Å². The molecule has 1 N–H and O–H groups in total. The fraction of sp³-hybridized carbons (Fsp3) is 0.412. The van der Waals surface area contributed by atoms with Crippen LogP contribution in [0.2, 0.25) is 0 Å². The molecule has 1 fully saturated rings. The van der Waals surface area contributed by atoms with E-state index >= 15 is 0 Å². The minimum atomic E-state index is -0.418. The molecule has 3 heterocycles. The van der Waals surface area contributed by atoms with E-state index in [0.29, 0.717) is 18.1 Å². The van der Waals surface area contributed by atoms with Crippen LogP contribution in [0.3, 0.4) is 0 Å². The zero-order valence-corrected chi connectivity index (χ0v) is 14.5. The van der Waals surface area contributed by atoms with Gasteiger partial charge < -0.3 is 15.1 Å². The van der Waals surface area contributed by atoms with Crippen LogP contribution in [0.1, 0.15) is 11.3 Å². The molecule has 1 aliphatic rings. The number of nitrogens with zero attached hydrogens (tertiary/aromatic N) is 5. The highest BCUT2D eigenvalue weighted by Crippen LogP contribution is 2.21. The number of aryl methyl sites for hydroxylation is 1. The van der Waals surface area contributed by atoms with Crippen molar-refractivity contribution >= 4 is 17.3 Å². The Kier molecular flexibility index (Phi) is 5.08. The Morgan fingerprint density at radius 1 is 1.24 bits per heavy atom. The lowest BCUT2D eigenvalue weighted by atomic mass is 10.2. The number of rotatable bonds is 5. The molecule has 0 bridgehead atoms. The maximum Gasteiger partial charge on any atom is 0.290 e. The lowest BCUT2D eigenvalue weighted by molar-refractivity contribution is -0.385. The maximum absolute atomic E-state index is 10.9. The summed E-state index contributed by atoms with van der Waals surface area (Å²) < 4.78 is 0. The molecule has 0 atom stereocenters. The van der Waals surface area contributed by atoms with Gasteiger partial charge in [0.25, 0.3) is 5.69 Å². The highest BCUT2D eigenvalue weighted by atomic mass is 16.6. The number of aromatic nitrogens is 2. The van der Waals surface area contributed by atoms with Crippen molar-refractivity contribution in [2.24, 2.45) is 0 Å². The van der Waals surface area contributed by atoms with Gasteiger partial charge in [-0.25, -0.2) is 9.97 Å². The number of piperazine rings is 1. The van der Waals surface area contributed by atoms with Crippen LogP contribution in [0.25, 0.3) is 0 Å². The second-order valence-electron chi connectivity index (χ2n) is 6.19. The minimum absolute atomic E-state index is 0.0325. The normalized spacial score (nSPS) is 15.2. The Bertz CT molecular complexity index is 759. The first kappa shape index (κ1) is 17.1. The second kappa shape index (κ2) is 7.43. The Morgan fingerprint density at radius 2 is 2.00 bits per heavy atom. The topological polar surface area (TPSA) is 87.4 Å². The van der Waals surface area contributed by atoms with Gasteiger partial charge in [0.05, 0.1) is 4.92 Å². The fourth-order valence-corrected chi connectivity index (χ4v) is 2.90. The first-order chi connectivity index (χ1) is 12.0. The highest BCUT2D eigenvalue weighted by Gasteiger charge is 2.18. The number of pyridine rings is 2. The summed E-state index contributed by atoms with van der Waals surface area (Å²) in [6.45, 7) is 6.16. The van der Waals surface area contributed by atoms with Gasteiger partial charge in [0, 0.05) is 50.6 Å². The maximum atomic E-state index is 10.9. The van der Waals surface area contributed by atoms with Crippen molar-refractivity contribution in [1.82, 2.24) is 14.9 Å². The molecule has 0 amide bonds. The van der Waals surface area contributed by atoms with Crippen LogP contribution in [0.15, 0.2) is 30.5 Å². The van der Waals surface area contributed by atoms with Gasteiger partial charge in [0.15, 0.2) is 0 Å². The molecule has 0 saturated carbocycles. The summed E-state index contributed by atoms with van der Waals surface area (Å²) in [6, 6.07) is 7.09. The first-order valence-electron chi connectivity index (χ1n) is 8.28. The number of hydrogen-bond acceptors (Lipinski definition) is 7. The molecule has 0 unspecified atom stereocenters. The summed E-state index contributed by atoms with van der Waals surface area (Å²) in [5.41, 5.74) is 1.52. The molecule has 25 heavy (non-hydrogen) atoms. The van der Waals surface area contributed by atoms with Crippen LogP contribution >= 0.6 is 0 Å². The standard InChI is InChI=1S/C17H22N6O2/c1-13-15(23(24)25)5-6-16(20-13)19-12-14-4-3-7-18-17(14)22-10-8-21(2)9-11-22/h3-7H,8-12H2,1-2H3,(H,19,20). The van der Waals surface area contributed by atoms with E-state index in [1.165, 1.54) is 6.07 Å². The number of anilines is 2. The van der Waals surface area contributed by atoms with Crippen LogP contribution in [-0.2, 0) is 6.54 Å². The molecule has 1 aliphatic heterocycles. The van der Waals surface area contributed by atoms with Crippen molar-refractivity contribution in [1.29, 1.82) is 0 Å². The van der Waals surface area contributed by atoms with Crippen molar-refractivity contribution in [3.63, 3.8) is 0 Å². The zero-order chi connectivity index (χ0) is 17.8. The third kappa shape index (κ3) is 4.03. The quantitative estimate of drug-likeness (QED) is 0.657. The van der Waals surface area contributed by atoms with Gasteiger partial charge in [0.2, 0.25) is 0 Å². The molecule has 3 rings (SSSR count). The van der Waals surface area contributed by atoms with Gasteiger partial charge in [-0.15, -0.1) is 0 Å². The van der Waals surface area contributed by atoms with Crippen LogP contribution in [0, 0.1) is 17.0 Å². The van der Waals surface area contributed by atoms with Gasteiger partial charge in [-0.3, -0.25) is 10.1 Å². The fourth-order valence-electron chi connectivity index (χ4n) is 2.90. The molecule has 0 aliphatic carbocycles. The van der Waals surface area contributed by atoms with Crippen molar-refractivity contribution in [3.05, 3.63) is 51.8 Å². The number of nitro groups is 1. The van der Waals surface area contributed by atoms with Gasteiger partial charge in [-0.1, -0.05) is 6.07 Å². The molecule has 0 spiro atoms. The lowest BCUT2D eigenvalue weighted by Gasteiger charge is -2.34. The van der Waals surface area contributed by atoms with Gasteiger partial charge in [0.1, 0.15) is 17.3 Å². The van der Waals surface area contributed by atoms with E-state index in [2.05, 4.69) is 32.1 Å². The molecule has 132 valence electrons. The summed E-state index contributed by atoms with van der Waals surface area (Å²) >= 11 is 0.